The monoisotopic (exact) mass is 307 g/mol. The zero-order valence-corrected chi connectivity index (χ0v) is 12.7. The van der Waals surface area contributed by atoms with Gasteiger partial charge in [0.2, 0.25) is 0 Å². The molecule has 0 unspecified atom stereocenters. The summed E-state index contributed by atoms with van der Waals surface area (Å²) in [4.78, 5) is 12.0. The number of amides is 1. The fourth-order valence-corrected chi connectivity index (χ4v) is 2.10. The average molecular weight is 307 g/mol. The summed E-state index contributed by atoms with van der Waals surface area (Å²) in [5.74, 6) is 0.509. The van der Waals surface area contributed by atoms with Crippen LogP contribution in [0.3, 0.4) is 0 Å². The topological polar surface area (TPSA) is 67.0 Å². The highest BCUT2D eigenvalue weighted by atomic mass is 16.5. The van der Waals surface area contributed by atoms with Crippen LogP contribution in [0.25, 0.3) is 0 Å². The number of aromatic amines is 1. The molecule has 0 aliphatic carbocycles. The van der Waals surface area contributed by atoms with Crippen LogP contribution in [-0.4, -0.2) is 16.1 Å². The van der Waals surface area contributed by atoms with Crippen molar-refractivity contribution in [2.45, 2.75) is 13.5 Å². The molecule has 0 radical (unpaired) electrons. The van der Waals surface area contributed by atoms with Gasteiger partial charge in [-0.25, -0.2) is 0 Å². The van der Waals surface area contributed by atoms with Crippen LogP contribution in [0.5, 0.6) is 5.75 Å². The van der Waals surface area contributed by atoms with Crippen molar-refractivity contribution in [1.82, 2.24) is 10.2 Å². The van der Waals surface area contributed by atoms with E-state index in [-0.39, 0.29) is 5.91 Å². The van der Waals surface area contributed by atoms with Crippen molar-refractivity contribution < 1.29 is 9.53 Å². The zero-order valence-electron chi connectivity index (χ0n) is 12.7. The summed E-state index contributed by atoms with van der Waals surface area (Å²) in [6, 6.07) is 18.9. The lowest BCUT2D eigenvalue weighted by Crippen LogP contribution is -2.12. The molecule has 1 amide bonds. The molecule has 0 atom stereocenters. The Bertz CT molecular complexity index is 780. The van der Waals surface area contributed by atoms with Crippen molar-refractivity contribution in [3.05, 3.63) is 77.6 Å². The molecule has 0 saturated carbocycles. The normalized spacial score (nSPS) is 10.3. The van der Waals surface area contributed by atoms with Crippen molar-refractivity contribution in [2.24, 2.45) is 0 Å². The number of carbonyl (C=O) groups excluding carboxylic acids is 1. The number of hydrogen-bond acceptors (Lipinski definition) is 3. The summed E-state index contributed by atoms with van der Waals surface area (Å²) in [7, 11) is 0. The van der Waals surface area contributed by atoms with Gasteiger partial charge in [-0.2, -0.15) is 5.10 Å². The van der Waals surface area contributed by atoms with E-state index >= 15 is 0 Å². The van der Waals surface area contributed by atoms with Gasteiger partial charge >= 0.3 is 0 Å². The minimum Gasteiger partial charge on any atom is -0.489 e. The van der Waals surface area contributed by atoms with E-state index in [2.05, 4.69) is 15.5 Å². The van der Waals surface area contributed by atoms with Crippen LogP contribution < -0.4 is 10.1 Å². The first-order chi connectivity index (χ1) is 11.2. The highest BCUT2D eigenvalue weighted by Crippen LogP contribution is 2.17. The number of benzene rings is 2. The lowest BCUT2D eigenvalue weighted by molar-refractivity contribution is 0.102. The van der Waals surface area contributed by atoms with Crippen LogP contribution in [0.1, 0.15) is 21.7 Å². The molecular weight excluding hydrogens is 290 g/mol. The number of hydrogen-bond donors (Lipinski definition) is 2. The van der Waals surface area contributed by atoms with E-state index in [0.29, 0.717) is 18.0 Å². The molecule has 5 heteroatoms. The Morgan fingerprint density at radius 2 is 1.87 bits per heavy atom. The number of nitrogens with one attached hydrogen (secondary N) is 2. The van der Waals surface area contributed by atoms with Gasteiger partial charge in [0, 0.05) is 11.4 Å². The van der Waals surface area contributed by atoms with Crippen molar-refractivity contribution >= 4 is 11.6 Å². The number of H-pyrrole nitrogens is 1. The van der Waals surface area contributed by atoms with E-state index in [9.17, 15) is 4.79 Å². The SMILES string of the molecule is Cc1cc(C(=O)Nc2ccc(OCc3ccccc3)cc2)n[nH]1. The minimum atomic E-state index is -0.243. The molecule has 0 aliphatic heterocycles. The van der Waals surface area contributed by atoms with Crippen LogP contribution >= 0.6 is 0 Å². The molecule has 5 nitrogen and oxygen atoms in total. The first-order valence-electron chi connectivity index (χ1n) is 7.31. The maximum Gasteiger partial charge on any atom is 0.276 e. The number of ether oxygens (including phenoxy) is 1. The predicted molar refractivity (Wildman–Crippen MR) is 88.5 cm³/mol. The molecule has 3 rings (SSSR count). The third-order valence-corrected chi connectivity index (χ3v) is 3.30. The van der Waals surface area contributed by atoms with Gasteiger partial charge < -0.3 is 10.1 Å². The van der Waals surface area contributed by atoms with Gasteiger partial charge in [0.25, 0.3) is 5.91 Å². The van der Waals surface area contributed by atoms with Crippen LogP contribution in [0.2, 0.25) is 0 Å². The van der Waals surface area contributed by atoms with Crippen molar-refractivity contribution in [1.29, 1.82) is 0 Å². The smallest absolute Gasteiger partial charge is 0.276 e. The standard InChI is InChI=1S/C18H17N3O2/c1-13-11-17(21-20-13)18(22)19-15-7-9-16(10-8-15)23-12-14-5-3-2-4-6-14/h2-11H,12H2,1H3,(H,19,22)(H,20,21). The molecule has 0 spiro atoms. The van der Waals surface area contributed by atoms with E-state index in [0.717, 1.165) is 17.0 Å². The zero-order chi connectivity index (χ0) is 16.1. The Labute approximate surface area is 134 Å². The van der Waals surface area contributed by atoms with Gasteiger partial charge in [-0.1, -0.05) is 30.3 Å². The quantitative estimate of drug-likeness (QED) is 0.757. The van der Waals surface area contributed by atoms with Crippen molar-refractivity contribution in [2.75, 3.05) is 5.32 Å². The van der Waals surface area contributed by atoms with Gasteiger partial charge in [-0.3, -0.25) is 9.89 Å². The molecule has 0 saturated heterocycles. The highest BCUT2D eigenvalue weighted by Gasteiger charge is 2.09. The van der Waals surface area contributed by atoms with E-state index < -0.39 is 0 Å². The molecule has 3 aromatic rings. The summed E-state index contributed by atoms with van der Waals surface area (Å²) >= 11 is 0. The fourth-order valence-electron chi connectivity index (χ4n) is 2.10. The number of aromatic nitrogens is 2. The first-order valence-corrected chi connectivity index (χ1v) is 7.31. The van der Waals surface area contributed by atoms with Crippen LogP contribution in [-0.2, 0) is 6.61 Å². The van der Waals surface area contributed by atoms with Crippen molar-refractivity contribution in [3.63, 3.8) is 0 Å². The van der Waals surface area contributed by atoms with Gasteiger partial charge in [0.1, 0.15) is 12.4 Å². The number of rotatable bonds is 5. The summed E-state index contributed by atoms with van der Waals surface area (Å²) in [6.07, 6.45) is 0. The molecule has 1 heterocycles. The van der Waals surface area contributed by atoms with Crippen molar-refractivity contribution in [3.8, 4) is 5.75 Å². The number of carbonyl (C=O) groups is 1. The second-order valence-corrected chi connectivity index (χ2v) is 5.19. The molecule has 2 aromatic carbocycles. The van der Waals surface area contributed by atoms with Gasteiger partial charge in [0.15, 0.2) is 5.69 Å². The first kappa shape index (κ1) is 14.8. The van der Waals surface area contributed by atoms with Crippen LogP contribution in [0.4, 0.5) is 5.69 Å². The Kier molecular flexibility index (Phi) is 4.38. The summed E-state index contributed by atoms with van der Waals surface area (Å²) in [5, 5.41) is 9.47. The van der Waals surface area contributed by atoms with Crippen LogP contribution in [0.15, 0.2) is 60.7 Å². The molecule has 2 N–H and O–H groups in total. The van der Waals surface area contributed by atoms with Gasteiger partial charge in [-0.15, -0.1) is 0 Å². The van der Waals surface area contributed by atoms with Gasteiger partial charge in [0.05, 0.1) is 0 Å². The molecule has 0 fully saturated rings. The number of anilines is 1. The number of aryl methyl sites for hydroxylation is 1. The Hall–Kier alpha value is -3.08. The van der Waals surface area contributed by atoms with E-state index in [1.54, 1.807) is 18.2 Å². The predicted octanol–water partition coefficient (Wildman–Crippen LogP) is 3.55. The second kappa shape index (κ2) is 6.79. The molecule has 0 aliphatic rings. The summed E-state index contributed by atoms with van der Waals surface area (Å²) in [6.45, 7) is 2.36. The number of nitrogens with zero attached hydrogens (tertiary/aromatic N) is 1. The third kappa shape index (κ3) is 3.97. The second-order valence-electron chi connectivity index (χ2n) is 5.19. The maximum atomic E-state index is 12.0. The summed E-state index contributed by atoms with van der Waals surface area (Å²) < 4.78 is 5.71. The molecule has 116 valence electrons. The lowest BCUT2D eigenvalue weighted by Gasteiger charge is -2.08. The van der Waals surface area contributed by atoms with Crippen LogP contribution in [0, 0.1) is 6.92 Å². The van der Waals surface area contributed by atoms with E-state index in [1.807, 2.05) is 49.4 Å². The lowest BCUT2D eigenvalue weighted by atomic mass is 10.2. The minimum absolute atomic E-state index is 0.243. The highest BCUT2D eigenvalue weighted by molar-refractivity contribution is 6.02. The Morgan fingerprint density at radius 1 is 1.13 bits per heavy atom. The largest absolute Gasteiger partial charge is 0.489 e. The molecule has 1 aromatic heterocycles. The van der Waals surface area contributed by atoms with E-state index in [1.165, 1.54) is 0 Å². The Balaban J connectivity index is 1.57. The molecular formula is C18H17N3O2. The van der Waals surface area contributed by atoms with Gasteiger partial charge in [-0.05, 0) is 42.8 Å². The third-order valence-electron chi connectivity index (χ3n) is 3.30. The molecule has 0 bridgehead atoms. The van der Waals surface area contributed by atoms with E-state index in [4.69, 9.17) is 4.74 Å². The summed E-state index contributed by atoms with van der Waals surface area (Å²) in [5.41, 5.74) is 3.02. The fraction of sp³-hybridized carbons (Fsp3) is 0.111. The molecule has 23 heavy (non-hydrogen) atoms. The Morgan fingerprint density at radius 3 is 2.52 bits per heavy atom. The maximum absolute atomic E-state index is 12.0. The average Bonchev–Trinajstić information content (AvgIpc) is 3.02.